The summed E-state index contributed by atoms with van der Waals surface area (Å²) in [4.78, 5) is 0. The van der Waals surface area contributed by atoms with Crippen LogP contribution in [0.4, 0.5) is 0 Å². The number of hydrogen-bond acceptors (Lipinski definition) is 2. The molecule has 0 aromatic carbocycles. The van der Waals surface area contributed by atoms with Crippen molar-refractivity contribution < 1.29 is 5.11 Å². The molecule has 0 atom stereocenters. The molecule has 6 heavy (non-hydrogen) atoms. The van der Waals surface area contributed by atoms with Crippen LogP contribution >= 0.6 is 12.6 Å². The minimum Gasteiger partial charge on any atom is -0.396 e. The van der Waals surface area contributed by atoms with Crippen molar-refractivity contribution in [2.24, 2.45) is 0 Å². The molecule has 3 heteroatoms. The lowest BCUT2D eigenvalue weighted by molar-refractivity contribution is 0.307. The van der Waals surface area contributed by atoms with Gasteiger partial charge in [-0.25, -0.2) is 0 Å². The lowest BCUT2D eigenvalue weighted by Gasteiger charge is -1.83. The predicted octanol–water partition coefficient (Wildman–Crippen LogP) is 0.276. The van der Waals surface area contributed by atoms with Crippen molar-refractivity contribution in [3.8, 4) is 0 Å². The molecule has 0 aromatic heterocycles. The summed E-state index contributed by atoms with van der Waals surface area (Å²) in [5, 5.41) is 14.9. The van der Waals surface area contributed by atoms with Crippen LogP contribution in [0, 0.1) is 5.41 Å². The third kappa shape index (κ3) is 3.98. The summed E-state index contributed by atoms with van der Waals surface area (Å²) in [5.41, 5.74) is 0. The molecular formula is C3H7NOS. The Kier molecular flexibility index (Phi) is 3.17. The van der Waals surface area contributed by atoms with Crippen molar-refractivity contribution in [2.75, 3.05) is 6.61 Å². The molecular weight excluding hydrogens is 98.1 g/mol. The molecule has 0 aliphatic carbocycles. The average Bonchev–Trinajstić information content (AvgIpc) is 1.35. The number of aliphatic hydroxyl groups is 1. The second-order valence-corrected chi connectivity index (χ2v) is 1.46. The Labute approximate surface area is 42.1 Å². The predicted molar refractivity (Wildman–Crippen MR) is 28.4 cm³/mol. The lowest BCUT2D eigenvalue weighted by Crippen LogP contribution is -1.87. The van der Waals surface area contributed by atoms with Gasteiger partial charge in [-0.3, -0.25) is 5.41 Å². The topological polar surface area (TPSA) is 44.1 Å². The van der Waals surface area contributed by atoms with Crippen LogP contribution in [0.15, 0.2) is 0 Å². The van der Waals surface area contributed by atoms with Crippen LogP contribution in [0.1, 0.15) is 6.42 Å². The second kappa shape index (κ2) is 3.18. The summed E-state index contributed by atoms with van der Waals surface area (Å²) < 4.78 is 0. The molecule has 0 heterocycles. The number of rotatable bonds is 2. The van der Waals surface area contributed by atoms with E-state index in [0.717, 1.165) is 0 Å². The van der Waals surface area contributed by atoms with Crippen LogP contribution in [-0.2, 0) is 0 Å². The molecule has 0 unspecified atom stereocenters. The third-order valence-corrected chi connectivity index (χ3v) is 0.572. The quantitative estimate of drug-likeness (QED) is 0.263. The molecule has 0 aliphatic rings. The zero-order chi connectivity index (χ0) is 4.99. The summed E-state index contributed by atoms with van der Waals surface area (Å²) in [5.74, 6) is 0. The number of thiol groups is 1. The van der Waals surface area contributed by atoms with Crippen molar-refractivity contribution in [2.45, 2.75) is 6.42 Å². The molecule has 0 bridgehead atoms. The standard InChI is InChI=1S/C3H7NOS/c4-3(6)1-2-5/h5H,1-2H2,(H2,4,6). The van der Waals surface area contributed by atoms with Gasteiger partial charge in [0.05, 0.1) is 5.04 Å². The molecule has 0 aromatic rings. The Morgan fingerprint density at radius 1 is 1.83 bits per heavy atom. The van der Waals surface area contributed by atoms with E-state index in [1.807, 2.05) is 0 Å². The highest BCUT2D eigenvalue weighted by atomic mass is 32.1. The summed E-state index contributed by atoms with van der Waals surface area (Å²) in [7, 11) is 0. The minimum absolute atomic E-state index is 0.0301. The smallest absolute Gasteiger partial charge is 0.0633 e. The van der Waals surface area contributed by atoms with Crippen molar-refractivity contribution in [1.29, 1.82) is 5.41 Å². The Hall–Kier alpha value is -0.0200. The fourth-order valence-corrected chi connectivity index (χ4v) is 0.206. The molecule has 0 rings (SSSR count). The maximum Gasteiger partial charge on any atom is 0.0633 e. The Morgan fingerprint density at radius 2 is 2.33 bits per heavy atom. The van der Waals surface area contributed by atoms with Crippen LogP contribution < -0.4 is 0 Å². The largest absolute Gasteiger partial charge is 0.396 e. The fourth-order valence-electron chi connectivity index (χ4n) is 0.106. The first-order valence-electron chi connectivity index (χ1n) is 1.64. The van der Waals surface area contributed by atoms with E-state index >= 15 is 0 Å². The van der Waals surface area contributed by atoms with Gasteiger partial charge in [0.1, 0.15) is 0 Å². The van der Waals surface area contributed by atoms with Crippen LogP contribution in [0.3, 0.4) is 0 Å². The van der Waals surface area contributed by atoms with Crippen molar-refractivity contribution in [1.82, 2.24) is 0 Å². The van der Waals surface area contributed by atoms with Crippen LogP contribution in [0.25, 0.3) is 0 Å². The van der Waals surface area contributed by atoms with Crippen molar-refractivity contribution in [3.05, 3.63) is 0 Å². The van der Waals surface area contributed by atoms with Gasteiger partial charge in [0.2, 0.25) is 0 Å². The first kappa shape index (κ1) is 5.98. The van der Waals surface area contributed by atoms with E-state index in [4.69, 9.17) is 10.5 Å². The van der Waals surface area contributed by atoms with E-state index in [-0.39, 0.29) is 11.7 Å². The van der Waals surface area contributed by atoms with Crippen molar-refractivity contribution >= 4 is 17.7 Å². The maximum absolute atomic E-state index is 8.05. The van der Waals surface area contributed by atoms with Gasteiger partial charge in [-0.2, -0.15) is 0 Å². The summed E-state index contributed by atoms with van der Waals surface area (Å²) in [6, 6.07) is 0. The van der Waals surface area contributed by atoms with Gasteiger partial charge in [-0.1, -0.05) is 0 Å². The molecule has 0 amide bonds. The van der Waals surface area contributed by atoms with Gasteiger partial charge < -0.3 is 5.11 Å². The van der Waals surface area contributed by atoms with E-state index in [2.05, 4.69) is 12.6 Å². The highest BCUT2D eigenvalue weighted by Gasteiger charge is 1.81. The first-order chi connectivity index (χ1) is 2.77. The normalized spacial score (nSPS) is 8.33. The molecule has 36 valence electrons. The third-order valence-electron chi connectivity index (χ3n) is 0.349. The number of hydrogen-bond donors (Lipinski definition) is 3. The first-order valence-corrected chi connectivity index (χ1v) is 2.09. The van der Waals surface area contributed by atoms with Crippen molar-refractivity contribution in [3.63, 3.8) is 0 Å². The summed E-state index contributed by atoms with van der Waals surface area (Å²) in [6.07, 6.45) is 0.378. The molecule has 2 N–H and O–H groups in total. The van der Waals surface area contributed by atoms with E-state index in [0.29, 0.717) is 6.42 Å². The van der Waals surface area contributed by atoms with Gasteiger partial charge in [-0.15, -0.1) is 12.6 Å². The monoisotopic (exact) mass is 105 g/mol. The zero-order valence-electron chi connectivity index (χ0n) is 3.31. The van der Waals surface area contributed by atoms with Gasteiger partial charge in [0, 0.05) is 13.0 Å². The van der Waals surface area contributed by atoms with Gasteiger partial charge in [0.15, 0.2) is 0 Å². The van der Waals surface area contributed by atoms with E-state index < -0.39 is 0 Å². The molecule has 2 nitrogen and oxygen atoms in total. The highest BCUT2D eigenvalue weighted by Crippen LogP contribution is 1.83. The number of nitrogens with one attached hydrogen (secondary N) is 1. The number of aliphatic hydroxyl groups excluding tert-OH is 1. The maximum atomic E-state index is 8.05. The fraction of sp³-hybridized carbons (Fsp3) is 0.667. The molecule has 0 aliphatic heterocycles. The average molecular weight is 105 g/mol. The van der Waals surface area contributed by atoms with E-state index in [1.54, 1.807) is 0 Å². The molecule has 0 radical (unpaired) electrons. The highest BCUT2D eigenvalue weighted by molar-refractivity contribution is 7.96. The van der Waals surface area contributed by atoms with Gasteiger partial charge in [-0.05, 0) is 0 Å². The van der Waals surface area contributed by atoms with Crippen LogP contribution in [0.2, 0.25) is 0 Å². The van der Waals surface area contributed by atoms with Gasteiger partial charge >= 0.3 is 0 Å². The molecule has 0 fully saturated rings. The zero-order valence-corrected chi connectivity index (χ0v) is 4.20. The molecule has 0 saturated heterocycles. The lowest BCUT2D eigenvalue weighted by atomic mass is 10.5. The van der Waals surface area contributed by atoms with Gasteiger partial charge in [0.25, 0.3) is 0 Å². The van der Waals surface area contributed by atoms with E-state index in [9.17, 15) is 0 Å². The minimum atomic E-state index is 0.0301. The summed E-state index contributed by atoms with van der Waals surface area (Å²) in [6.45, 7) is 0.0301. The SMILES string of the molecule is N=C(S)CCO. The summed E-state index contributed by atoms with van der Waals surface area (Å²) >= 11 is 3.60. The molecule has 0 spiro atoms. The Morgan fingerprint density at radius 3 is 2.33 bits per heavy atom. The van der Waals surface area contributed by atoms with Crippen LogP contribution in [-0.4, -0.2) is 16.8 Å². The Balaban J connectivity index is 2.83. The van der Waals surface area contributed by atoms with Crippen LogP contribution in [0.5, 0.6) is 0 Å². The second-order valence-electron chi connectivity index (χ2n) is 0.920. The molecule has 0 saturated carbocycles. The Bertz CT molecular complexity index is 54.8. The van der Waals surface area contributed by atoms with E-state index in [1.165, 1.54) is 0 Å².